The van der Waals surface area contributed by atoms with Gasteiger partial charge in [0, 0.05) is 0 Å². The summed E-state index contributed by atoms with van der Waals surface area (Å²) in [6.07, 6.45) is 0. The van der Waals surface area contributed by atoms with Gasteiger partial charge in [0.15, 0.2) is 0 Å². The lowest BCUT2D eigenvalue weighted by atomic mass is 9.94. The van der Waals surface area contributed by atoms with Crippen LogP contribution in [0, 0.1) is 6.92 Å². The zero-order valence-corrected chi connectivity index (χ0v) is 17.4. The molecule has 7 heteroatoms. The number of hydrogen-bond acceptors (Lipinski definition) is 6. The number of ether oxygens (including phenoxy) is 1. The molecule has 1 aliphatic rings. The van der Waals surface area contributed by atoms with E-state index < -0.39 is 17.7 Å². The lowest BCUT2D eigenvalue weighted by molar-refractivity contribution is -0.132. The number of aromatic hydroxyl groups is 2. The quantitative estimate of drug-likeness (QED) is 0.327. The molecule has 4 rings (SSSR count). The third-order valence-electron chi connectivity index (χ3n) is 5.40. The number of anilines is 1. The molecule has 0 aliphatic carbocycles. The van der Waals surface area contributed by atoms with Crippen LogP contribution in [0.15, 0.2) is 72.3 Å². The number of amides is 1. The van der Waals surface area contributed by atoms with Crippen LogP contribution in [0.3, 0.4) is 0 Å². The molecule has 0 aromatic heterocycles. The van der Waals surface area contributed by atoms with E-state index in [1.54, 1.807) is 42.5 Å². The van der Waals surface area contributed by atoms with Crippen LogP contribution in [0.4, 0.5) is 5.69 Å². The van der Waals surface area contributed by atoms with Crippen LogP contribution in [0.25, 0.3) is 5.76 Å². The van der Waals surface area contributed by atoms with Gasteiger partial charge in [0.25, 0.3) is 11.7 Å². The number of para-hydroxylation sites is 2. The maximum atomic E-state index is 13.2. The van der Waals surface area contributed by atoms with E-state index in [0.717, 1.165) is 10.5 Å². The van der Waals surface area contributed by atoms with Gasteiger partial charge in [-0.25, -0.2) is 0 Å². The number of phenols is 2. The summed E-state index contributed by atoms with van der Waals surface area (Å²) in [5, 5.41) is 31.4. The molecule has 1 saturated heterocycles. The van der Waals surface area contributed by atoms with Gasteiger partial charge in [-0.05, 0) is 48.9 Å². The molecule has 0 radical (unpaired) electrons. The van der Waals surface area contributed by atoms with E-state index in [4.69, 9.17) is 4.74 Å². The van der Waals surface area contributed by atoms with Gasteiger partial charge in [-0.3, -0.25) is 14.5 Å². The maximum absolute atomic E-state index is 13.2. The van der Waals surface area contributed by atoms with Crippen molar-refractivity contribution in [1.29, 1.82) is 0 Å². The van der Waals surface area contributed by atoms with E-state index in [-0.39, 0.29) is 34.1 Å². The molecule has 0 spiro atoms. The number of hydrogen-bond donors (Lipinski definition) is 3. The van der Waals surface area contributed by atoms with Gasteiger partial charge in [0.05, 0.1) is 30.0 Å². The molecule has 0 saturated carbocycles. The van der Waals surface area contributed by atoms with Crippen molar-refractivity contribution in [2.24, 2.45) is 0 Å². The van der Waals surface area contributed by atoms with Crippen LogP contribution < -0.4 is 9.64 Å². The summed E-state index contributed by atoms with van der Waals surface area (Å²) in [4.78, 5) is 27.4. The molecule has 1 fully saturated rings. The van der Waals surface area contributed by atoms with Gasteiger partial charge < -0.3 is 20.1 Å². The summed E-state index contributed by atoms with van der Waals surface area (Å²) in [5.74, 6) is -2.02. The molecular weight excluding hydrogens is 410 g/mol. The number of phenolic OH excluding ortho intramolecular Hbond substituents is 2. The minimum Gasteiger partial charge on any atom is -0.508 e. The fourth-order valence-electron chi connectivity index (χ4n) is 3.87. The highest BCUT2D eigenvalue weighted by Crippen LogP contribution is 2.45. The van der Waals surface area contributed by atoms with E-state index in [9.17, 15) is 24.9 Å². The number of aliphatic hydroxyl groups excluding tert-OH is 1. The summed E-state index contributed by atoms with van der Waals surface area (Å²) < 4.78 is 5.35. The number of aliphatic hydroxyl groups is 1. The molecule has 162 valence electrons. The Morgan fingerprint density at radius 1 is 0.969 bits per heavy atom. The summed E-state index contributed by atoms with van der Waals surface area (Å²) in [7, 11) is 1.44. The number of carbonyl (C=O) groups is 2. The number of ketones is 1. The Hall–Kier alpha value is -4.26. The van der Waals surface area contributed by atoms with Crippen molar-refractivity contribution in [2.45, 2.75) is 13.0 Å². The Balaban J connectivity index is 2.01. The molecule has 1 heterocycles. The molecule has 7 nitrogen and oxygen atoms in total. The second kappa shape index (κ2) is 8.11. The first-order valence-corrected chi connectivity index (χ1v) is 9.86. The molecule has 1 aliphatic heterocycles. The first-order chi connectivity index (χ1) is 15.3. The molecule has 1 unspecified atom stereocenters. The number of benzene rings is 3. The number of carbonyl (C=O) groups excluding carboxylic acids is 2. The average Bonchev–Trinajstić information content (AvgIpc) is 3.04. The van der Waals surface area contributed by atoms with Crippen LogP contribution >= 0.6 is 0 Å². The molecule has 3 aromatic carbocycles. The molecule has 3 aromatic rings. The summed E-state index contributed by atoms with van der Waals surface area (Å²) in [5.41, 5.74) is 1.55. The van der Waals surface area contributed by atoms with Crippen LogP contribution in [0.5, 0.6) is 17.2 Å². The second-order valence-electron chi connectivity index (χ2n) is 7.45. The van der Waals surface area contributed by atoms with Gasteiger partial charge >= 0.3 is 0 Å². The van der Waals surface area contributed by atoms with Crippen molar-refractivity contribution < 1.29 is 29.6 Å². The number of rotatable bonds is 4. The Bertz CT molecular complexity index is 1250. The minimum atomic E-state index is -1.03. The number of Topliss-reactive ketones (excluding diaryl/α,β-unsaturated/α-hetero) is 1. The molecule has 32 heavy (non-hydrogen) atoms. The smallest absolute Gasteiger partial charge is 0.300 e. The summed E-state index contributed by atoms with van der Waals surface area (Å²) in [6.45, 7) is 1.83. The van der Waals surface area contributed by atoms with E-state index in [1.165, 1.54) is 31.4 Å². The largest absolute Gasteiger partial charge is 0.508 e. The van der Waals surface area contributed by atoms with Crippen molar-refractivity contribution in [3.05, 3.63) is 89.0 Å². The normalized spacial score (nSPS) is 17.6. The van der Waals surface area contributed by atoms with E-state index >= 15 is 0 Å². The monoisotopic (exact) mass is 431 g/mol. The highest BCUT2D eigenvalue weighted by atomic mass is 16.5. The highest BCUT2D eigenvalue weighted by molar-refractivity contribution is 6.52. The number of nitrogens with zero attached hydrogens (tertiary/aromatic N) is 1. The zero-order valence-electron chi connectivity index (χ0n) is 17.4. The van der Waals surface area contributed by atoms with Crippen molar-refractivity contribution in [1.82, 2.24) is 0 Å². The van der Waals surface area contributed by atoms with E-state index in [2.05, 4.69) is 0 Å². The minimum absolute atomic E-state index is 0.00798. The molecule has 1 amide bonds. The predicted octanol–water partition coefficient (Wildman–Crippen LogP) is 4.04. The topological polar surface area (TPSA) is 107 Å². The van der Waals surface area contributed by atoms with Crippen LogP contribution in [-0.2, 0) is 9.59 Å². The van der Waals surface area contributed by atoms with Gasteiger partial charge in [0.2, 0.25) is 0 Å². The van der Waals surface area contributed by atoms with Crippen LogP contribution in [0.1, 0.15) is 22.7 Å². The lowest BCUT2D eigenvalue weighted by Crippen LogP contribution is -2.29. The molecule has 0 bridgehead atoms. The summed E-state index contributed by atoms with van der Waals surface area (Å²) >= 11 is 0. The SMILES string of the molecule is COc1ccc(C)cc1/C(O)=C1\C(=O)C(=O)N(c2ccccc2O)C1c1ccc(O)cc1. The second-order valence-corrected chi connectivity index (χ2v) is 7.45. The first kappa shape index (κ1) is 21.0. The third kappa shape index (κ3) is 3.43. The van der Waals surface area contributed by atoms with Gasteiger partial charge in [-0.1, -0.05) is 35.9 Å². The Kier molecular flexibility index (Phi) is 5.32. The first-order valence-electron chi connectivity index (χ1n) is 9.86. The average molecular weight is 431 g/mol. The van der Waals surface area contributed by atoms with Gasteiger partial charge in [-0.15, -0.1) is 0 Å². The van der Waals surface area contributed by atoms with Crippen molar-refractivity contribution >= 4 is 23.1 Å². The fourth-order valence-corrected chi connectivity index (χ4v) is 3.87. The standard InChI is InChI=1S/C25H21NO6/c1-14-7-12-20(32-2)17(13-14)23(29)21-22(15-8-10-16(27)11-9-15)26(25(31)24(21)30)18-5-3-4-6-19(18)28/h3-13,22,27-29H,1-2H3/b23-21+. The van der Waals surface area contributed by atoms with Crippen molar-refractivity contribution in [3.8, 4) is 17.2 Å². The Labute approximate surface area is 184 Å². The van der Waals surface area contributed by atoms with E-state index in [0.29, 0.717) is 11.3 Å². The lowest BCUT2D eigenvalue weighted by Gasteiger charge is -2.26. The molecule has 1 atom stereocenters. The molecule has 3 N–H and O–H groups in total. The Morgan fingerprint density at radius 3 is 2.31 bits per heavy atom. The van der Waals surface area contributed by atoms with Crippen LogP contribution in [0.2, 0.25) is 0 Å². The van der Waals surface area contributed by atoms with E-state index in [1.807, 2.05) is 6.92 Å². The van der Waals surface area contributed by atoms with Crippen molar-refractivity contribution in [2.75, 3.05) is 12.0 Å². The maximum Gasteiger partial charge on any atom is 0.300 e. The van der Waals surface area contributed by atoms with Crippen LogP contribution in [-0.4, -0.2) is 34.1 Å². The van der Waals surface area contributed by atoms with Gasteiger partial charge in [-0.2, -0.15) is 0 Å². The third-order valence-corrected chi connectivity index (χ3v) is 5.40. The zero-order chi connectivity index (χ0) is 23.0. The fraction of sp³-hybridized carbons (Fsp3) is 0.120. The van der Waals surface area contributed by atoms with Gasteiger partial charge in [0.1, 0.15) is 23.0 Å². The molecular formula is C25H21NO6. The summed E-state index contributed by atoms with van der Waals surface area (Å²) in [6, 6.07) is 16.2. The highest BCUT2D eigenvalue weighted by Gasteiger charge is 2.47. The Morgan fingerprint density at radius 2 is 1.66 bits per heavy atom. The van der Waals surface area contributed by atoms with Crippen molar-refractivity contribution in [3.63, 3.8) is 0 Å². The number of aryl methyl sites for hydroxylation is 1. The number of methoxy groups -OCH3 is 1. The predicted molar refractivity (Wildman–Crippen MR) is 119 cm³/mol.